The van der Waals surface area contributed by atoms with Crippen molar-refractivity contribution >= 4 is 22.5 Å². The molecule has 3 rings (SSSR count). The first kappa shape index (κ1) is 14.0. The van der Waals surface area contributed by atoms with E-state index in [0.717, 1.165) is 16.5 Å². The summed E-state index contributed by atoms with van der Waals surface area (Å²) in [6.45, 7) is 0. The third-order valence-corrected chi connectivity index (χ3v) is 3.90. The van der Waals surface area contributed by atoms with Gasteiger partial charge < -0.3 is 5.73 Å². The topological polar surface area (TPSA) is 38.9 Å². The van der Waals surface area contributed by atoms with E-state index in [-0.39, 0.29) is 11.9 Å². The molecule has 2 nitrogen and oxygen atoms in total. The minimum atomic E-state index is -0.319. The lowest BCUT2D eigenvalue weighted by molar-refractivity contribution is 0.593. The summed E-state index contributed by atoms with van der Waals surface area (Å²) < 4.78 is 13.8. The fourth-order valence-corrected chi connectivity index (χ4v) is 2.63. The number of hydrogen-bond donors (Lipinski definition) is 1. The van der Waals surface area contributed by atoms with Crippen LogP contribution in [0.5, 0.6) is 0 Å². The smallest absolute Gasteiger partial charge is 0.127 e. The van der Waals surface area contributed by atoms with E-state index >= 15 is 0 Å². The number of halogens is 2. The van der Waals surface area contributed by atoms with Crippen LogP contribution in [0.3, 0.4) is 0 Å². The first-order valence-corrected chi connectivity index (χ1v) is 7.06. The SMILES string of the molecule is NC(Cc1c(F)cccc1Cl)c1ccc2ncccc2c1. The second-order valence-electron chi connectivity index (χ2n) is 4.97. The number of nitrogens with two attached hydrogens (primary N) is 1. The molecular weight excluding hydrogens is 287 g/mol. The minimum absolute atomic E-state index is 0.316. The quantitative estimate of drug-likeness (QED) is 0.784. The Morgan fingerprint density at radius 3 is 2.81 bits per heavy atom. The molecule has 1 unspecified atom stereocenters. The van der Waals surface area contributed by atoms with Crippen molar-refractivity contribution in [3.63, 3.8) is 0 Å². The predicted octanol–water partition coefficient (Wildman–Crippen LogP) is 4.27. The van der Waals surface area contributed by atoms with Crippen molar-refractivity contribution < 1.29 is 4.39 Å². The number of rotatable bonds is 3. The Balaban J connectivity index is 1.91. The maximum Gasteiger partial charge on any atom is 0.127 e. The third kappa shape index (κ3) is 2.89. The summed E-state index contributed by atoms with van der Waals surface area (Å²) in [6, 6.07) is 14.1. The lowest BCUT2D eigenvalue weighted by atomic mass is 9.98. The van der Waals surface area contributed by atoms with Crippen LogP contribution in [0.25, 0.3) is 10.9 Å². The lowest BCUT2D eigenvalue weighted by Crippen LogP contribution is -2.14. The van der Waals surface area contributed by atoms with Crippen molar-refractivity contribution in [1.82, 2.24) is 4.98 Å². The average Bonchev–Trinajstić information content (AvgIpc) is 2.50. The maximum atomic E-state index is 13.8. The van der Waals surface area contributed by atoms with Gasteiger partial charge in [0.1, 0.15) is 5.82 Å². The number of pyridine rings is 1. The largest absolute Gasteiger partial charge is 0.324 e. The standard InChI is InChI=1S/C17H14ClFN2/c18-14-4-1-5-15(19)13(14)10-16(20)11-6-7-17-12(9-11)3-2-8-21-17/h1-9,16H,10,20H2. The van der Waals surface area contributed by atoms with Gasteiger partial charge in [0, 0.05) is 28.2 Å². The zero-order valence-corrected chi connectivity index (χ0v) is 12.0. The third-order valence-electron chi connectivity index (χ3n) is 3.54. The van der Waals surface area contributed by atoms with Crippen LogP contribution in [-0.4, -0.2) is 4.98 Å². The van der Waals surface area contributed by atoms with Gasteiger partial charge in [0.15, 0.2) is 0 Å². The van der Waals surface area contributed by atoms with Crippen molar-refractivity contribution in [2.75, 3.05) is 0 Å². The first-order chi connectivity index (χ1) is 10.1. The molecule has 0 fully saturated rings. The van der Waals surface area contributed by atoms with Gasteiger partial charge in [-0.1, -0.05) is 29.8 Å². The molecule has 0 aliphatic rings. The lowest BCUT2D eigenvalue weighted by Gasteiger charge is -2.14. The molecule has 2 N–H and O–H groups in total. The number of fused-ring (bicyclic) bond motifs is 1. The van der Waals surface area contributed by atoms with Crippen LogP contribution in [0.2, 0.25) is 5.02 Å². The highest BCUT2D eigenvalue weighted by molar-refractivity contribution is 6.31. The summed E-state index contributed by atoms with van der Waals surface area (Å²) >= 11 is 6.05. The fourth-order valence-electron chi connectivity index (χ4n) is 2.39. The van der Waals surface area contributed by atoms with Gasteiger partial charge in [-0.05, 0) is 42.3 Å². The second-order valence-corrected chi connectivity index (χ2v) is 5.37. The molecule has 3 aromatic rings. The second kappa shape index (κ2) is 5.80. The van der Waals surface area contributed by atoms with Crippen molar-refractivity contribution in [1.29, 1.82) is 0 Å². The van der Waals surface area contributed by atoms with E-state index in [2.05, 4.69) is 4.98 Å². The molecule has 0 radical (unpaired) electrons. The summed E-state index contributed by atoms with van der Waals surface area (Å²) in [7, 11) is 0. The zero-order chi connectivity index (χ0) is 14.8. The van der Waals surface area contributed by atoms with Gasteiger partial charge in [-0.15, -0.1) is 0 Å². The summed E-state index contributed by atoms with van der Waals surface area (Å²) in [5.41, 5.74) is 8.52. The molecule has 21 heavy (non-hydrogen) atoms. The van der Waals surface area contributed by atoms with Gasteiger partial charge in [0.2, 0.25) is 0 Å². The van der Waals surface area contributed by atoms with Crippen LogP contribution in [0.1, 0.15) is 17.2 Å². The Labute approximate surface area is 127 Å². The fraction of sp³-hybridized carbons (Fsp3) is 0.118. The van der Waals surface area contributed by atoms with Crippen molar-refractivity contribution in [3.05, 3.63) is 76.7 Å². The first-order valence-electron chi connectivity index (χ1n) is 6.68. The molecule has 2 aromatic carbocycles. The Hall–Kier alpha value is -1.97. The Kier molecular flexibility index (Phi) is 3.86. The normalized spacial score (nSPS) is 12.5. The van der Waals surface area contributed by atoms with E-state index in [1.807, 2.05) is 30.3 Å². The van der Waals surface area contributed by atoms with Crippen LogP contribution in [0.4, 0.5) is 4.39 Å². The van der Waals surface area contributed by atoms with Crippen molar-refractivity contribution in [3.8, 4) is 0 Å². The molecule has 106 valence electrons. The van der Waals surface area contributed by atoms with E-state index in [0.29, 0.717) is 17.0 Å². The van der Waals surface area contributed by atoms with E-state index < -0.39 is 0 Å². The highest BCUT2D eigenvalue weighted by atomic mass is 35.5. The molecule has 1 atom stereocenters. The molecule has 4 heteroatoms. The molecule has 0 spiro atoms. The maximum absolute atomic E-state index is 13.8. The molecule has 1 aromatic heterocycles. The van der Waals surface area contributed by atoms with E-state index in [4.69, 9.17) is 17.3 Å². The van der Waals surface area contributed by atoms with Crippen molar-refractivity contribution in [2.45, 2.75) is 12.5 Å². The summed E-state index contributed by atoms with van der Waals surface area (Å²) in [5, 5.41) is 1.43. The van der Waals surface area contributed by atoms with Gasteiger partial charge in [0.25, 0.3) is 0 Å². The molecule has 0 bridgehead atoms. The molecule has 0 saturated carbocycles. The predicted molar refractivity (Wildman–Crippen MR) is 83.8 cm³/mol. The summed E-state index contributed by atoms with van der Waals surface area (Å²) in [6.07, 6.45) is 2.11. The van der Waals surface area contributed by atoms with Crippen molar-refractivity contribution in [2.24, 2.45) is 5.73 Å². The number of nitrogens with zero attached hydrogens (tertiary/aromatic N) is 1. The van der Waals surface area contributed by atoms with Crippen LogP contribution in [0, 0.1) is 5.82 Å². The molecule has 1 heterocycles. The zero-order valence-electron chi connectivity index (χ0n) is 11.3. The number of benzene rings is 2. The van der Waals surface area contributed by atoms with Gasteiger partial charge in [0.05, 0.1) is 5.52 Å². The Bertz CT molecular complexity index is 768. The molecule has 0 saturated heterocycles. The number of hydrogen-bond acceptors (Lipinski definition) is 2. The van der Waals surface area contributed by atoms with Crippen LogP contribution in [0.15, 0.2) is 54.7 Å². The average molecular weight is 301 g/mol. The summed E-state index contributed by atoms with van der Waals surface area (Å²) in [4.78, 5) is 4.27. The van der Waals surface area contributed by atoms with Crippen LogP contribution in [-0.2, 0) is 6.42 Å². The molecule has 0 amide bonds. The monoisotopic (exact) mass is 300 g/mol. The van der Waals surface area contributed by atoms with Gasteiger partial charge >= 0.3 is 0 Å². The van der Waals surface area contributed by atoms with E-state index in [1.54, 1.807) is 18.3 Å². The van der Waals surface area contributed by atoms with Gasteiger partial charge in [-0.2, -0.15) is 0 Å². The molecule has 0 aliphatic carbocycles. The highest BCUT2D eigenvalue weighted by Gasteiger charge is 2.13. The van der Waals surface area contributed by atoms with Gasteiger partial charge in [-0.25, -0.2) is 4.39 Å². The van der Waals surface area contributed by atoms with E-state index in [9.17, 15) is 4.39 Å². The van der Waals surface area contributed by atoms with E-state index in [1.165, 1.54) is 6.07 Å². The number of aromatic nitrogens is 1. The Morgan fingerprint density at radius 1 is 1.14 bits per heavy atom. The highest BCUT2D eigenvalue weighted by Crippen LogP contribution is 2.26. The van der Waals surface area contributed by atoms with Crippen LogP contribution >= 0.6 is 11.6 Å². The summed E-state index contributed by atoms with van der Waals surface area (Å²) in [5.74, 6) is -0.319. The van der Waals surface area contributed by atoms with Crippen LogP contribution < -0.4 is 5.73 Å². The molecular formula is C17H14ClFN2. The Morgan fingerprint density at radius 2 is 2.00 bits per heavy atom. The van der Waals surface area contributed by atoms with Gasteiger partial charge in [-0.3, -0.25) is 4.98 Å². The molecule has 0 aliphatic heterocycles. The minimum Gasteiger partial charge on any atom is -0.324 e.